The van der Waals surface area contributed by atoms with E-state index in [2.05, 4.69) is 15.0 Å². The average molecular weight is 317 g/mol. The fraction of sp³-hybridized carbons (Fsp3) is 0.375. The van der Waals surface area contributed by atoms with Gasteiger partial charge in [-0.05, 0) is 19.1 Å². The van der Waals surface area contributed by atoms with Crippen LogP contribution in [0.4, 0.5) is 0 Å². The van der Waals surface area contributed by atoms with Gasteiger partial charge in [0.25, 0.3) is 5.56 Å². The van der Waals surface area contributed by atoms with E-state index in [9.17, 15) is 14.4 Å². The molecule has 0 unspecified atom stereocenters. The Balaban J connectivity index is 2.11. The van der Waals surface area contributed by atoms with E-state index in [1.165, 1.54) is 18.6 Å². The molecule has 0 bridgehead atoms. The number of hydrogen-bond acceptors (Lipinski definition) is 5. The zero-order chi connectivity index (χ0) is 17.0. The number of methoxy groups -OCH3 is 1. The van der Waals surface area contributed by atoms with Crippen LogP contribution in [-0.4, -0.2) is 34.6 Å². The van der Waals surface area contributed by atoms with Crippen molar-refractivity contribution in [2.45, 2.75) is 25.8 Å². The van der Waals surface area contributed by atoms with Gasteiger partial charge < -0.3 is 14.6 Å². The number of fused-ring (bicyclic) bond motifs is 1. The summed E-state index contributed by atoms with van der Waals surface area (Å²) >= 11 is 0. The fourth-order valence-electron chi connectivity index (χ4n) is 2.28. The van der Waals surface area contributed by atoms with Crippen LogP contribution in [0.25, 0.3) is 11.0 Å². The molecule has 0 aliphatic heterocycles. The number of hydrogen-bond donors (Lipinski definition) is 1. The molecule has 1 N–H and O–H groups in total. The molecular weight excluding hydrogens is 298 g/mol. The second-order valence-corrected chi connectivity index (χ2v) is 5.22. The number of aromatic nitrogens is 2. The summed E-state index contributed by atoms with van der Waals surface area (Å²) in [4.78, 5) is 39.7. The van der Waals surface area contributed by atoms with Gasteiger partial charge in [0.1, 0.15) is 11.7 Å². The Bertz CT molecular complexity index is 798. The third kappa shape index (κ3) is 3.74. The van der Waals surface area contributed by atoms with E-state index in [0.29, 0.717) is 11.2 Å². The van der Waals surface area contributed by atoms with Crippen LogP contribution in [-0.2, 0) is 27.8 Å². The molecule has 0 aliphatic rings. The smallest absolute Gasteiger partial charge is 0.328 e. The molecule has 2 aromatic rings. The summed E-state index contributed by atoms with van der Waals surface area (Å²) < 4.78 is 6.06. The lowest BCUT2D eigenvalue weighted by molar-refractivity contribution is -0.144. The molecule has 1 aromatic heterocycles. The first-order valence-electron chi connectivity index (χ1n) is 7.26. The summed E-state index contributed by atoms with van der Waals surface area (Å²) in [6.45, 7) is 1.54. The third-order valence-corrected chi connectivity index (χ3v) is 3.57. The molecule has 1 atom stereocenters. The maximum atomic E-state index is 12.3. The van der Waals surface area contributed by atoms with Crippen molar-refractivity contribution in [1.29, 1.82) is 0 Å². The minimum atomic E-state index is -0.722. The van der Waals surface area contributed by atoms with Crippen LogP contribution in [0.1, 0.15) is 19.0 Å². The Labute approximate surface area is 133 Å². The van der Waals surface area contributed by atoms with Crippen LogP contribution in [0, 0.1) is 0 Å². The van der Waals surface area contributed by atoms with Crippen LogP contribution in [0.15, 0.2) is 29.1 Å². The number of nitrogens with one attached hydrogen (secondary N) is 1. The van der Waals surface area contributed by atoms with Crippen molar-refractivity contribution >= 4 is 22.9 Å². The second-order valence-electron chi connectivity index (χ2n) is 5.22. The number of aryl methyl sites for hydroxylation is 2. The first-order chi connectivity index (χ1) is 10.9. The van der Waals surface area contributed by atoms with Crippen molar-refractivity contribution < 1.29 is 14.3 Å². The van der Waals surface area contributed by atoms with Crippen LogP contribution in [0.3, 0.4) is 0 Å². The molecule has 7 nitrogen and oxygen atoms in total. The minimum Gasteiger partial charge on any atom is -0.467 e. The van der Waals surface area contributed by atoms with E-state index in [4.69, 9.17) is 0 Å². The van der Waals surface area contributed by atoms with Gasteiger partial charge in [-0.2, -0.15) is 0 Å². The second kappa shape index (κ2) is 7.04. The molecule has 1 amide bonds. The minimum absolute atomic E-state index is 0.0713. The first-order valence-corrected chi connectivity index (χ1v) is 7.26. The van der Waals surface area contributed by atoms with Crippen molar-refractivity contribution in [3.63, 3.8) is 0 Å². The number of benzene rings is 1. The van der Waals surface area contributed by atoms with Gasteiger partial charge in [0, 0.05) is 19.9 Å². The predicted octanol–water partition coefficient (Wildman–Crippen LogP) is 0.544. The van der Waals surface area contributed by atoms with Gasteiger partial charge in [0.05, 0.1) is 18.1 Å². The molecular formula is C16H19N3O4. The van der Waals surface area contributed by atoms with Gasteiger partial charge in [-0.3, -0.25) is 9.59 Å². The quantitative estimate of drug-likeness (QED) is 0.813. The molecule has 1 aromatic carbocycles. The van der Waals surface area contributed by atoms with Gasteiger partial charge >= 0.3 is 5.97 Å². The first kappa shape index (κ1) is 16.7. The van der Waals surface area contributed by atoms with Crippen LogP contribution < -0.4 is 10.9 Å². The largest absolute Gasteiger partial charge is 0.467 e. The highest BCUT2D eigenvalue weighted by atomic mass is 16.5. The summed E-state index contributed by atoms with van der Waals surface area (Å²) in [6, 6.07) is 6.59. The zero-order valence-corrected chi connectivity index (χ0v) is 13.3. The number of amides is 1. The Morgan fingerprint density at radius 2 is 2.04 bits per heavy atom. The van der Waals surface area contributed by atoms with E-state index in [0.717, 1.165) is 5.52 Å². The maximum absolute atomic E-state index is 12.3. The highest BCUT2D eigenvalue weighted by Gasteiger charge is 2.16. The van der Waals surface area contributed by atoms with Crippen molar-refractivity contribution in [2.75, 3.05) is 7.11 Å². The van der Waals surface area contributed by atoms with Crippen molar-refractivity contribution in [3.05, 3.63) is 40.3 Å². The molecule has 23 heavy (non-hydrogen) atoms. The van der Waals surface area contributed by atoms with Crippen LogP contribution in [0.5, 0.6) is 0 Å². The molecule has 2 rings (SSSR count). The van der Waals surface area contributed by atoms with Gasteiger partial charge in [0.15, 0.2) is 0 Å². The molecule has 122 valence electrons. The summed E-state index contributed by atoms with van der Waals surface area (Å²) in [7, 11) is 2.93. The van der Waals surface area contributed by atoms with E-state index in [-0.39, 0.29) is 24.3 Å². The van der Waals surface area contributed by atoms with E-state index >= 15 is 0 Å². The molecule has 0 saturated heterocycles. The maximum Gasteiger partial charge on any atom is 0.328 e. The highest BCUT2D eigenvalue weighted by Crippen LogP contribution is 2.09. The standard InChI is InChI=1S/C16H19N3O4/c1-10(16(22)23-3)17-14(20)9-8-12-15(21)19(2)13-7-5-4-6-11(13)18-12/h4-7,10H,8-9H2,1-3H3,(H,17,20)/t10-/m0/s1. The number of nitrogens with zero attached hydrogens (tertiary/aromatic N) is 2. The highest BCUT2D eigenvalue weighted by molar-refractivity contribution is 5.84. The molecule has 0 fully saturated rings. The van der Waals surface area contributed by atoms with Gasteiger partial charge in [-0.15, -0.1) is 0 Å². The molecule has 0 saturated carbocycles. The van der Waals surface area contributed by atoms with E-state index in [1.807, 2.05) is 24.3 Å². The number of ether oxygens (including phenoxy) is 1. The SMILES string of the molecule is COC(=O)[C@H](C)NC(=O)CCc1nc2ccccc2n(C)c1=O. The van der Waals surface area contributed by atoms with Crippen molar-refractivity contribution in [2.24, 2.45) is 7.05 Å². The average Bonchev–Trinajstić information content (AvgIpc) is 2.56. The van der Waals surface area contributed by atoms with Gasteiger partial charge in [-0.1, -0.05) is 12.1 Å². The summed E-state index contributed by atoms with van der Waals surface area (Å²) in [5.74, 6) is -0.849. The predicted molar refractivity (Wildman–Crippen MR) is 84.9 cm³/mol. The van der Waals surface area contributed by atoms with Crippen LogP contribution >= 0.6 is 0 Å². The molecule has 0 radical (unpaired) electrons. The van der Waals surface area contributed by atoms with Crippen molar-refractivity contribution in [1.82, 2.24) is 14.9 Å². The van der Waals surface area contributed by atoms with Crippen molar-refractivity contribution in [3.8, 4) is 0 Å². The molecule has 7 heteroatoms. The number of carbonyl (C=O) groups excluding carboxylic acids is 2. The summed E-state index contributed by atoms with van der Waals surface area (Å²) in [5, 5.41) is 2.52. The summed E-state index contributed by atoms with van der Waals surface area (Å²) in [5.41, 5.74) is 1.54. The molecule has 0 spiro atoms. The Morgan fingerprint density at radius 1 is 1.35 bits per heavy atom. The normalized spacial score (nSPS) is 12.0. The number of carbonyl (C=O) groups is 2. The zero-order valence-electron chi connectivity index (χ0n) is 13.3. The summed E-state index contributed by atoms with van der Waals surface area (Å²) in [6.07, 6.45) is 0.277. The Kier molecular flexibility index (Phi) is 5.10. The Hall–Kier alpha value is -2.70. The lowest BCUT2D eigenvalue weighted by atomic mass is 10.2. The number of para-hydroxylation sites is 2. The molecule has 0 aliphatic carbocycles. The molecule has 1 heterocycles. The lowest BCUT2D eigenvalue weighted by Gasteiger charge is -2.11. The van der Waals surface area contributed by atoms with E-state index < -0.39 is 12.0 Å². The van der Waals surface area contributed by atoms with Gasteiger partial charge in [-0.25, -0.2) is 9.78 Å². The van der Waals surface area contributed by atoms with Gasteiger partial charge in [0.2, 0.25) is 5.91 Å². The number of rotatable bonds is 5. The van der Waals surface area contributed by atoms with Crippen LogP contribution in [0.2, 0.25) is 0 Å². The monoisotopic (exact) mass is 317 g/mol. The fourth-order valence-corrected chi connectivity index (χ4v) is 2.28. The Morgan fingerprint density at radius 3 is 2.74 bits per heavy atom. The van der Waals surface area contributed by atoms with E-state index in [1.54, 1.807) is 7.05 Å². The lowest BCUT2D eigenvalue weighted by Crippen LogP contribution is -2.39. The third-order valence-electron chi connectivity index (χ3n) is 3.57. The number of esters is 1. The topological polar surface area (TPSA) is 90.3 Å².